The summed E-state index contributed by atoms with van der Waals surface area (Å²) >= 11 is 11.5. The molecule has 0 atom stereocenters. The van der Waals surface area contributed by atoms with E-state index in [0.717, 1.165) is 5.69 Å². The largest absolute Gasteiger partial charge is 0.331 e. The van der Waals surface area contributed by atoms with E-state index in [9.17, 15) is 14.9 Å². The molecule has 4 aromatic rings. The molecule has 154 valence electrons. The van der Waals surface area contributed by atoms with E-state index in [4.69, 9.17) is 23.8 Å². The highest BCUT2D eigenvalue weighted by Crippen LogP contribution is 2.27. The molecule has 4 rings (SSSR count). The SMILES string of the molecule is O=C(NC(=S)Nc1cc2nn(-c3ccccc3)nc2cc1Cl)c1cccc([N+](=O)[O-])c1. The molecule has 1 aromatic heterocycles. The predicted octanol–water partition coefficient (Wildman–Crippen LogP) is 4.11. The number of non-ortho nitro benzene ring substituents is 1. The first kappa shape index (κ1) is 20.4. The molecule has 2 N–H and O–H groups in total. The standard InChI is InChI=1S/C20H13ClN6O3S/c21-15-10-17-18(25-26(24-17)13-6-2-1-3-7-13)11-16(15)22-20(31)23-19(28)12-5-4-8-14(9-12)27(29)30/h1-11H,(H2,22,23,28,31). The average molecular weight is 453 g/mol. The maximum Gasteiger partial charge on any atom is 0.270 e. The Morgan fingerprint density at radius 3 is 2.45 bits per heavy atom. The molecule has 0 radical (unpaired) electrons. The number of nitrogens with zero attached hydrogens (tertiary/aromatic N) is 4. The summed E-state index contributed by atoms with van der Waals surface area (Å²) in [5.74, 6) is -0.589. The van der Waals surface area contributed by atoms with Crippen LogP contribution in [0.15, 0.2) is 66.7 Å². The third-order valence-electron chi connectivity index (χ3n) is 4.25. The maximum absolute atomic E-state index is 12.4. The molecule has 31 heavy (non-hydrogen) atoms. The van der Waals surface area contributed by atoms with Crippen molar-refractivity contribution in [2.75, 3.05) is 5.32 Å². The molecule has 0 aliphatic heterocycles. The van der Waals surface area contributed by atoms with Gasteiger partial charge in [0.25, 0.3) is 11.6 Å². The van der Waals surface area contributed by atoms with E-state index in [1.807, 2.05) is 30.3 Å². The Kier molecular flexibility index (Phi) is 5.56. The molecule has 0 spiro atoms. The minimum absolute atomic E-state index is 0.0202. The first-order valence-electron chi connectivity index (χ1n) is 8.89. The quantitative estimate of drug-likeness (QED) is 0.272. The number of benzene rings is 3. The third-order valence-corrected chi connectivity index (χ3v) is 4.77. The van der Waals surface area contributed by atoms with Crippen LogP contribution in [0.2, 0.25) is 5.02 Å². The van der Waals surface area contributed by atoms with E-state index < -0.39 is 10.8 Å². The lowest BCUT2D eigenvalue weighted by atomic mass is 10.2. The lowest BCUT2D eigenvalue weighted by molar-refractivity contribution is -0.384. The second kappa shape index (κ2) is 8.46. The van der Waals surface area contributed by atoms with Gasteiger partial charge in [0.1, 0.15) is 11.0 Å². The van der Waals surface area contributed by atoms with Gasteiger partial charge in [0.2, 0.25) is 0 Å². The van der Waals surface area contributed by atoms with Crippen molar-refractivity contribution in [2.24, 2.45) is 0 Å². The molecule has 1 amide bonds. The maximum atomic E-state index is 12.4. The number of anilines is 1. The number of carbonyl (C=O) groups is 1. The van der Waals surface area contributed by atoms with Crippen molar-refractivity contribution < 1.29 is 9.72 Å². The zero-order valence-electron chi connectivity index (χ0n) is 15.7. The van der Waals surface area contributed by atoms with Crippen molar-refractivity contribution in [2.45, 2.75) is 0 Å². The molecule has 3 aromatic carbocycles. The number of amides is 1. The van der Waals surface area contributed by atoms with Gasteiger partial charge in [0.15, 0.2) is 5.11 Å². The topological polar surface area (TPSA) is 115 Å². The highest BCUT2D eigenvalue weighted by molar-refractivity contribution is 7.80. The fraction of sp³-hybridized carbons (Fsp3) is 0. The Hall–Kier alpha value is -3.89. The number of halogens is 1. The van der Waals surface area contributed by atoms with Crippen LogP contribution in [0.5, 0.6) is 0 Å². The molecular weight excluding hydrogens is 440 g/mol. The van der Waals surface area contributed by atoms with Gasteiger partial charge in [0, 0.05) is 17.7 Å². The first-order chi connectivity index (χ1) is 14.9. The van der Waals surface area contributed by atoms with Gasteiger partial charge >= 0.3 is 0 Å². The molecule has 9 nitrogen and oxygen atoms in total. The third kappa shape index (κ3) is 4.49. The number of nitro groups is 1. The van der Waals surface area contributed by atoms with Gasteiger partial charge in [-0.2, -0.15) is 4.80 Å². The molecule has 0 bridgehead atoms. The summed E-state index contributed by atoms with van der Waals surface area (Å²) in [6, 6.07) is 18.0. The van der Waals surface area contributed by atoms with Crippen molar-refractivity contribution in [3.63, 3.8) is 0 Å². The van der Waals surface area contributed by atoms with Gasteiger partial charge in [-0.1, -0.05) is 35.9 Å². The summed E-state index contributed by atoms with van der Waals surface area (Å²) in [5.41, 5.74) is 2.30. The minimum atomic E-state index is -0.589. The van der Waals surface area contributed by atoms with Gasteiger partial charge in [-0.05, 0) is 42.5 Å². The average Bonchev–Trinajstić information content (AvgIpc) is 3.17. The number of thiocarbonyl (C=S) groups is 1. The van der Waals surface area contributed by atoms with E-state index in [1.54, 1.807) is 12.1 Å². The number of carbonyl (C=O) groups excluding carboxylic acids is 1. The van der Waals surface area contributed by atoms with Crippen LogP contribution >= 0.6 is 23.8 Å². The minimum Gasteiger partial charge on any atom is -0.331 e. The van der Waals surface area contributed by atoms with Crippen molar-refractivity contribution in [1.29, 1.82) is 0 Å². The van der Waals surface area contributed by atoms with E-state index in [2.05, 4.69) is 20.8 Å². The van der Waals surface area contributed by atoms with Crippen molar-refractivity contribution in [3.8, 4) is 5.69 Å². The van der Waals surface area contributed by atoms with E-state index in [1.165, 1.54) is 29.1 Å². The van der Waals surface area contributed by atoms with Crippen LogP contribution in [-0.2, 0) is 0 Å². The van der Waals surface area contributed by atoms with E-state index in [0.29, 0.717) is 21.7 Å². The second-order valence-corrected chi connectivity index (χ2v) is 7.18. The smallest absolute Gasteiger partial charge is 0.270 e. The molecule has 0 saturated carbocycles. The van der Waals surface area contributed by atoms with Crippen LogP contribution in [-0.4, -0.2) is 30.9 Å². The molecule has 1 heterocycles. The number of hydrogen-bond donors (Lipinski definition) is 2. The Morgan fingerprint density at radius 2 is 1.74 bits per heavy atom. The molecule has 0 saturated heterocycles. The summed E-state index contributed by atoms with van der Waals surface area (Å²) in [7, 11) is 0. The van der Waals surface area contributed by atoms with E-state index >= 15 is 0 Å². The first-order valence-corrected chi connectivity index (χ1v) is 9.68. The number of hydrogen-bond acceptors (Lipinski definition) is 6. The van der Waals surface area contributed by atoms with Crippen molar-refractivity contribution in [1.82, 2.24) is 20.3 Å². The van der Waals surface area contributed by atoms with Crippen LogP contribution in [0, 0.1) is 10.1 Å². The Bertz CT molecular complexity index is 1330. The predicted molar refractivity (Wildman–Crippen MR) is 121 cm³/mol. The zero-order valence-corrected chi connectivity index (χ0v) is 17.2. The fourth-order valence-electron chi connectivity index (χ4n) is 2.80. The lowest BCUT2D eigenvalue weighted by Gasteiger charge is -2.10. The van der Waals surface area contributed by atoms with Crippen LogP contribution in [0.4, 0.5) is 11.4 Å². The molecule has 0 aliphatic rings. The van der Waals surface area contributed by atoms with Crippen LogP contribution in [0.3, 0.4) is 0 Å². The van der Waals surface area contributed by atoms with Gasteiger partial charge < -0.3 is 5.32 Å². The highest BCUT2D eigenvalue weighted by Gasteiger charge is 2.14. The highest BCUT2D eigenvalue weighted by atomic mass is 35.5. The van der Waals surface area contributed by atoms with Crippen LogP contribution in [0.25, 0.3) is 16.7 Å². The summed E-state index contributed by atoms with van der Waals surface area (Å²) in [5, 5.41) is 25.4. The number of aromatic nitrogens is 3. The van der Waals surface area contributed by atoms with E-state index in [-0.39, 0.29) is 16.4 Å². The molecule has 11 heteroatoms. The Labute approximate surface area is 185 Å². The van der Waals surface area contributed by atoms with Crippen LogP contribution < -0.4 is 10.6 Å². The van der Waals surface area contributed by atoms with Crippen molar-refractivity contribution >= 4 is 57.2 Å². The number of fused-ring (bicyclic) bond motifs is 1. The number of nitro benzene ring substituents is 1. The number of nitrogens with one attached hydrogen (secondary N) is 2. The van der Waals surface area contributed by atoms with Crippen LogP contribution in [0.1, 0.15) is 10.4 Å². The second-order valence-electron chi connectivity index (χ2n) is 6.36. The fourth-order valence-corrected chi connectivity index (χ4v) is 3.21. The lowest BCUT2D eigenvalue weighted by Crippen LogP contribution is -2.34. The van der Waals surface area contributed by atoms with Crippen molar-refractivity contribution in [3.05, 3.63) is 87.4 Å². The molecule has 0 unspecified atom stereocenters. The summed E-state index contributed by atoms with van der Waals surface area (Å²) in [6.07, 6.45) is 0. The van der Waals surface area contributed by atoms with Gasteiger partial charge in [-0.15, -0.1) is 10.2 Å². The number of para-hydroxylation sites is 1. The normalized spacial score (nSPS) is 10.6. The van der Waals surface area contributed by atoms with Gasteiger partial charge in [0.05, 0.1) is 21.3 Å². The number of rotatable bonds is 4. The zero-order chi connectivity index (χ0) is 22.0. The van der Waals surface area contributed by atoms with Gasteiger partial charge in [-0.25, -0.2) is 0 Å². The Morgan fingerprint density at radius 1 is 1.03 bits per heavy atom. The monoisotopic (exact) mass is 452 g/mol. The van der Waals surface area contributed by atoms with Gasteiger partial charge in [-0.3, -0.25) is 20.2 Å². The molecule has 0 aliphatic carbocycles. The Balaban J connectivity index is 1.52. The summed E-state index contributed by atoms with van der Waals surface area (Å²) in [4.78, 5) is 24.2. The summed E-state index contributed by atoms with van der Waals surface area (Å²) < 4.78 is 0. The molecular formula is C20H13ClN6O3S. The summed E-state index contributed by atoms with van der Waals surface area (Å²) in [6.45, 7) is 0. The molecule has 0 fully saturated rings.